The van der Waals surface area contributed by atoms with Crippen molar-refractivity contribution in [1.82, 2.24) is 5.32 Å². The third-order valence-corrected chi connectivity index (χ3v) is 4.59. The van der Waals surface area contributed by atoms with Gasteiger partial charge >= 0.3 is 17.9 Å². The fourth-order valence-electron chi connectivity index (χ4n) is 3.37. The van der Waals surface area contributed by atoms with Crippen LogP contribution in [-0.2, 0) is 49.3 Å². The van der Waals surface area contributed by atoms with Crippen molar-refractivity contribution in [3.8, 4) is 0 Å². The van der Waals surface area contributed by atoms with Gasteiger partial charge in [-0.05, 0) is 12.0 Å². The minimum Gasteiger partial charge on any atom is -0.463 e. The summed E-state index contributed by atoms with van der Waals surface area (Å²) in [5.41, 5.74) is 1.03. The molecule has 10 nitrogen and oxygen atoms in total. The Morgan fingerprint density at radius 2 is 1.53 bits per heavy atom. The molecule has 10 heteroatoms. The van der Waals surface area contributed by atoms with E-state index in [4.69, 9.17) is 23.7 Å². The van der Waals surface area contributed by atoms with Gasteiger partial charge in [0.15, 0.2) is 18.5 Å². The van der Waals surface area contributed by atoms with Crippen LogP contribution in [0.4, 0.5) is 0 Å². The molecule has 1 amide bonds. The maximum atomic E-state index is 11.9. The second-order valence-electron chi connectivity index (χ2n) is 7.33. The average molecular weight is 451 g/mol. The predicted molar refractivity (Wildman–Crippen MR) is 110 cm³/mol. The summed E-state index contributed by atoms with van der Waals surface area (Å²) in [6, 6.07) is 8.63. The molecule has 176 valence electrons. The van der Waals surface area contributed by atoms with Crippen LogP contribution in [-0.4, -0.2) is 67.7 Å². The van der Waals surface area contributed by atoms with Crippen molar-refractivity contribution < 1.29 is 42.9 Å². The molecule has 32 heavy (non-hydrogen) atoms. The van der Waals surface area contributed by atoms with E-state index in [0.717, 1.165) is 5.56 Å². The van der Waals surface area contributed by atoms with Crippen molar-refractivity contribution in [2.75, 3.05) is 13.2 Å². The summed E-state index contributed by atoms with van der Waals surface area (Å²) in [5.74, 6) is -2.30. The molecule has 2 rings (SSSR count). The van der Waals surface area contributed by atoms with Gasteiger partial charge in [-0.2, -0.15) is 0 Å². The van der Waals surface area contributed by atoms with E-state index in [2.05, 4.69) is 5.32 Å². The quantitative estimate of drug-likeness (QED) is 0.430. The lowest BCUT2D eigenvalue weighted by Gasteiger charge is -2.44. The summed E-state index contributed by atoms with van der Waals surface area (Å²) < 4.78 is 27.6. The molecule has 5 atom stereocenters. The van der Waals surface area contributed by atoms with Crippen LogP contribution in [0.25, 0.3) is 0 Å². The van der Waals surface area contributed by atoms with Crippen molar-refractivity contribution in [3.63, 3.8) is 0 Å². The van der Waals surface area contributed by atoms with Gasteiger partial charge in [-0.15, -0.1) is 0 Å². The molecule has 5 unspecified atom stereocenters. The van der Waals surface area contributed by atoms with Crippen LogP contribution in [0.3, 0.4) is 0 Å². The average Bonchev–Trinajstić information content (AvgIpc) is 2.70. The molecule has 1 aromatic rings. The summed E-state index contributed by atoms with van der Waals surface area (Å²) in [7, 11) is 0. The van der Waals surface area contributed by atoms with Crippen LogP contribution in [0, 0.1) is 0 Å². The first-order valence-corrected chi connectivity index (χ1v) is 10.2. The van der Waals surface area contributed by atoms with Crippen LogP contribution in [0.15, 0.2) is 30.3 Å². The Labute approximate surface area is 186 Å². The van der Waals surface area contributed by atoms with Gasteiger partial charge < -0.3 is 29.0 Å². The highest BCUT2D eigenvalue weighted by atomic mass is 16.7. The van der Waals surface area contributed by atoms with Gasteiger partial charge in [-0.25, -0.2) is 0 Å². The van der Waals surface area contributed by atoms with E-state index in [1.807, 2.05) is 30.3 Å². The number of carbonyl (C=O) groups is 4. The van der Waals surface area contributed by atoms with Crippen molar-refractivity contribution in [2.24, 2.45) is 0 Å². The van der Waals surface area contributed by atoms with Crippen molar-refractivity contribution in [2.45, 2.75) is 64.8 Å². The number of amides is 1. The molecule has 1 saturated heterocycles. The molecule has 0 aliphatic carbocycles. The molecule has 0 radical (unpaired) electrons. The standard InChI is InChI=1S/C22H29NO9/c1-13(24)23-19-21(31-16(4)27)20(30-15(3)26)18(12-29-14(2)25)32-22(19)28-11-10-17-8-6-5-7-9-17/h5-9,18-22H,10-12H2,1-4H3,(H,23,24). The molecule has 0 bridgehead atoms. The van der Waals surface area contributed by atoms with E-state index >= 15 is 0 Å². The number of ether oxygens (including phenoxy) is 5. The minimum atomic E-state index is -1.14. The highest BCUT2D eigenvalue weighted by Gasteiger charge is 2.51. The smallest absolute Gasteiger partial charge is 0.303 e. The summed E-state index contributed by atoms with van der Waals surface area (Å²) in [4.78, 5) is 46.7. The topological polar surface area (TPSA) is 126 Å². The third kappa shape index (κ3) is 7.93. The molecule has 1 fully saturated rings. The zero-order chi connectivity index (χ0) is 23.7. The first-order chi connectivity index (χ1) is 15.2. The molecule has 1 aliphatic rings. The van der Waals surface area contributed by atoms with Crippen molar-refractivity contribution in [1.29, 1.82) is 0 Å². The summed E-state index contributed by atoms with van der Waals surface area (Å²) in [6.07, 6.45) is -3.75. The van der Waals surface area contributed by atoms with E-state index in [1.165, 1.54) is 27.7 Å². The molecule has 0 saturated carbocycles. The van der Waals surface area contributed by atoms with Gasteiger partial charge in [0.1, 0.15) is 18.8 Å². The first-order valence-electron chi connectivity index (χ1n) is 10.2. The van der Waals surface area contributed by atoms with Crippen molar-refractivity contribution >= 4 is 23.8 Å². The Morgan fingerprint density at radius 1 is 0.906 bits per heavy atom. The van der Waals surface area contributed by atoms with Gasteiger partial charge in [0.2, 0.25) is 5.91 Å². The Kier molecular flexibility index (Phi) is 9.61. The van der Waals surface area contributed by atoms with Crippen molar-refractivity contribution in [3.05, 3.63) is 35.9 Å². The Bertz CT molecular complexity index is 798. The lowest BCUT2D eigenvalue weighted by atomic mass is 9.96. The molecular weight excluding hydrogens is 422 g/mol. The number of carbonyl (C=O) groups excluding carboxylic acids is 4. The van der Waals surface area contributed by atoms with Crippen LogP contribution in [0.2, 0.25) is 0 Å². The van der Waals surface area contributed by atoms with Gasteiger partial charge in [-0.3, -0.25) is 19.2 Å². The summed E-state index contributed by atoms with van der Waals surface area (Å²) >= 11 is 0. The summed E-state index contributed by atoms with van der Waals surface area (Å²) in [5, 5.41) is 2.66. The van der Waals surface area contributed by atoms with Crippen LogP contribution in [0.5, 0.6) is 0 Å². The lowest BCUT2D eigenvalue weighted by Crippen LogP contribution is -2.66. The second-order valence-corrected chi connectivity index (χ2v) is 7.33. The van der Waals surface area contributed by atoms with Crippen LogP contribution < -0.4 is 5.32 Å². The van der Waals surface area contributed by atoms with Gasteiger partial charge in [0.05, 0.1) is 6.61 Å². The SMILES string of the molecule is CC(=O)NC1C(OCCc2ccccc2)OC(COC(C)=O)C(OC(C)=O)C1OC(C)=O. The van der Waals surface area contributed by atoms with E-state index in [-0.39, 0.29) is 13.2 Å². The molecule has 0 aromatic heterocycles. The Hall–Kier alpha value is -2.98. The summed E-state index contributed by atoms with van der Waals surface area (Å²) in [6.45, 7) is 4.85. The molecule has 1 N–H and O–H groups in total. The maximum Gasteiger partial charge on any atom is 0.303 e. The molecular formula is C22H29NO9. The fraction of sp³-hybridized carbons (Fsp3) is 0.545. The number of esters is 3. The highest BCUT2D eigenvalue weighted by Crippen LogP contribution is 2.28. The number of hydrogen-bond acceptors (Lipinski definition) is 9. The Balaban J connectivity index is 2.28. The fourth-order valence-corrected chi connectivity index (χ4v) is 3.37. The van der Waals surface area contributed by atoms with E-state index in [1.54, 1.807) is 0 Å². The number of nitrogens with one attached hydrogen (secondary N) is 1. The van der Waals surface area contributed by atoms with Gasteiger partial charge in [0.25, 0.3) is 0 Å². The second kappa shape index (κ2) is 12.2. The van der Waals surface area contributed by atoms with Gasteiger partial charge in [-0.1, -0.05) is 30.3 Å². The number of rotatable bonds is 9. The molecule has 1 heterocycles. The van der Waals surface area contributed by atoms with Crippen LogP contribution in [0.1, 0.15) is 33.3 Å². The molecule has 1 aromatic carbocycles. The van der Waals surface area contributed by atoms with E-state index in [9.17, 15) is 19.2 Å². The zero-order valence-electron chi connectivity index (χ0n) is 18.6. The molecule has 1 aliphatic heterocycles. The highest BCUT2D eigenvalue weighted by molar-refractivity contribution is 5.73. The number of hydrogen-bond donors (Lipinski definition) is 1. The Morgan fingerprint density at radius 3 is 2.09 bits per heavy atom. The zero-order valence-corrected chi connectivity index (χ0v) is 18.6. The van der Waals surface area contributed by atoms with E-state index < -0.39 is 54.5 Å². The predicted octanol–water partition coefficient (Wildman–Crippen LogP) is 0.902. The third-order valence-electron chi connectivity index (χ3n) is 4.59. The maximum absolute atomic E-state index is 11.9. The lowest BCUT2D eigenvalue weighted by molar-refractivity contribution is -0.277. The largest absolute Gasteiger partial charge is 0.463 e. The van der Waals surface area contributed by atoms with E-state index in [0.29, 0.717) is 6.42 Å². The first kappa shape index (κ1) is 25.3. The number of benzene rings is 1. The normalized spacial score (nSPS) is 24.8. The van der Waals surface area contributed by atoms with Gasteiger partial charge in [0, 0.05) is 27.7 Å². The monoisotopic (exact) mass is 451 g/mol. The minimum absolute atomic E-state index is 0.232. The molecule has 0 spiro atoms. The van der Waals surface area contributed by atoms with Crippen LogP contribution >= 0.6 is 0 Å².